The number of halogens is 3. The summed E-state index contributed by atoms with van der Waals surface area (Å²) in [6, 6.07) is 12.7. The number of aromatic nitrogens is 1. The molecule has 0 bridgehead atoms. The lowest BCUT2D eigenvalue weighted by molar-refractivity contribution is -0.137. The fourth-order valence-electron chi connectivity index (χ4n) is 2.99. The maximum Gasteiger partial charge on any atom is 0.416 e. The van der Waals surface area contributed by atoms with Crippen LogP contribution in [-0.2, 0) is 16.2 Å². The zero-order valence-corrected chi connectivity index (χ0v) is 18.6. The summed E-state index contributed by atoms with van der Waals surface area (Å²) in [5, 5.41) is 2.57. The van der Waals surface area contributed by atoms with Crippen LogP contribution in [0, 0.1) is 0 Å². The molecule has 178 valence electrons. The summed E-state index contributed by atoms with van der Waals surface area (Å²) in [5.41, 5.74) is 6.05. The van der Waals surface area contributed by atoms with Gasteiger partial charge in [0.25, 0.3) is 0 Å². The lowest BCUT2D eigenvalue weighted by Crippen LogP contribution is -2.31. The maximum atomic E-state index is 13.1. The van der Waals surface area contributed by atoms with E-state index in [0.29, 0.717) is 0 Å². The molecule has 2 aromatic carbocycles. The zero-order chi connectivity index (χ0) is 25.1. The molecule has 0 saturated carbocycles. The van der Waals surface area contributed by atoms with Crippen molar-refractivity contribution in [2.45, 2.75) is 6.18 Å². The Morgan fingerprint density at radius 1 is 1.09 bits per heavy atom. The molecule has 3 rings (SSSR count). The van der Waals surface area contributed by atoms with E-state index >= 15 is 0 Å². The Labute approximate surface area is 194 Å². The lowest BCUT2D eigenvalue weighted by atomic mass is 10.1. The van der Waals surface area contributed by atoms with Crippen molar-refractivity contribution in [2.24, 2.45) is 0 Å². The van der Waals surface area contributed by atoms with E-state index in [1.54, 1.807) is 0 Å². The van der Waals surface area contributed by atoms with Crippen LogP contribution in [0.5, 0.6) is 0 Å². The summed E-state index contributed by atoms with van der Waals surface area (Å²) in [6.07, 6.45) is -2.40. The largest absolute Gasteiger partial charge is 0.416 e. The smallest absolute Gasteiger partial charge is 0.396 e. The number of hydrogen-bond acceptors (Lipinski definition) is 5. The number of nitrogens with zero attached hydrogens (tertiary/aromatic N) is 2. The van der Waals surface area contributed by atoms with Gasteiger partial charge in [0, 0.05) is 17.5 Å². The minimum absolute atomic E-state index is 0.0483. The number of carbonyl (C=O) groups excluding carboxylic acids is 1. The zero-order valence-electron chi connectivity index (χ0n) is 17.8. The standard InChI is InChI=1S/C22H20F3N5O3S/c1-3-30(21(31)27-16-8-5-9-17(13-16)29-34(2,32)33)20-18(26)10-11-19(28-20)14-6-4-7-15(12-14)22(23,24)25/h3-13,29H,1,26H2,2H3,(H,27,31). The molecule has 3 aromatic rings. The van der Waals surface area contributed by atoms with E-state index in [1.165, 1.54) is 48.5 Å². The number of rotatable bonds is 6. The van der Waals surface area contributed by atoms with E-state index < -0.39 is 27.8 Å². The minimum atomic E-state index is -4.53. The molecular formula is C22H20F3N5O3S. The highest BCUT2D eigenvalue weighted by atomic mass is 32.2. The highest BCUT2D eigenvalue weighted by molar-refractivity contribution is 7.92. The molecule has 0 aliphatic carbocycles. The van der Waals surface area contributed by atoms with Crippen LogP contribution in [0.15, 0.2) is 73.4 Å². The number of alkyl halides is 3. The van der Waals surface area contributed by atoms with Crippen molar-refractivity contribution < 1.29 is 26.4 Å². The van der Waals surface area contributed by atoms with Crippen molar-refractivity contribution in [3.05, 3.63) is 79.0 Å². The average Bonchev–Trinajstić information content (AvgIpc) is 2.74. The first-order valence-electron chi connectivity index (χ1n) is 9.62. The van der Waals surface area contributed by atoms with Crippen molar-refractivity contribution in [1.82, 2.24) is 4.98 Å². The minimum Gasteiger partial charge on any atom is -0.396 e. The number of anilines is 4. The van der Waals surface area contributed by atoms with Gasteiger partial charge < -0.3 is 11.1 Å². The van der Waals surface area contributed by atoms with Crippen LogP contribution in [-0.4, -0.2) is 25.7 Å². The van der Waals surface area contributed by atoms with Gasteiger partial charge in [-0.3, -0.25) is 9.62 Å². The number of urea groups is 1. The number of nitrogens with two attached hydrogens (primary N) is 1. The Morgan fingerprint density at radius 3 is 2.41 bits per heavy atom. The van der Waals surface area contributed by atoms with Crippen molar-refractivity contribution in [1.29, 1.82) is 0 Å². The molecule has 2 amide bonds. The second-order valence-electron chi connectivity index (χ2n) is 7.13. The number of carbonyl (C=O) groups is 1. The fourth-order valence-corrected chi connectivity index (χ4v) is 3.55. The van der Waals surface area contributed by atoms with Gasteiger partial charge in [0.05, 0.1) is 28.9 Å². The van der Waals surface area contributed by atoms with Crippen molar-refractivity contribution in [3.8, 4) is 11.3 Å². The first-order valence-corrected chi connectivity index (χ1v) is 11.5. The molecule has 0 fully saturated rings. The average molecular weight is 491 g/mol. The molecule has 0 saturated heterocycles. The van der Waals surface area contributed by atoms with Crippen LogP contribution >= 0.6 is 0 Å². The summed E-state index contributed by atoms with van der Waals surface area (Å²) in [7, 11) is -3.52. The van der Waals surface area contributed by atoms with Gasteiger partial charge in [0.1, 0.15) is 0 Å². The maximum absolute atomic E-state index is 13.1. The van der Waals surface area contributed by atoms with Crippen molar-refractivity contribution in [3.63, 3.8) is 0 Å². The molecular weight excluding hydrogens is 471 g/mol. The first-order chi connectivity index (χ1) is 15.9. The number of nitrogens with one attached hydrogen (secondary N) is 2. The molecule has 0 radical (unpaired) electrons. The van der Waals surface area contributed by atoms with E-state index in [0.717, 1.165) is 29.5 Å². The summed E-state index contributed by atoms with van der Waals surface area (Å²) in [4.78, 5) is 18.2. The second kappa shape index (κ2) is 9.43. The monoisotopic (exact) mass is 491 g/mol. The topological polar surface area (TPSA) is 117 Å². The number of sulfonamides is 1. The SMILES string of the molecule is C=CN(C(=O)Nc1cccc(NS(C)(=O)=O)c1)c1nc(-c2cccc(C(F)(F)F)c2)ccc1N. The molecule has 0 atom stereocenters. The molecule has 34 heavy (non-hydrogen) atoms. The van der Waals surface area contributed by atoms with E-state index in [4.69, 9.17) is 5.73 Å². The van der Waals surface area contributed by atoms with Gasteiger partial charge >= 0.3 is 12.2 Å². The number of hydrogen-bond donors (Lipinski definition) is 3. The molecule has 1 aromatic heterocycles. The van der Waals surface area contributed by atoms with E-state index in [9.17, 15) is 26.4 Å². The predicted molar refractivity (Wildman–Crippen MR) is 126 cm³/mol. The molecule has 1 heterocycles. The van der Waals surface area contributed by atoms with Crippen molar-refractivity contribution >= 4 is 38.9 Å². The van der Waals surface area contributed by atoms with Gasteiger partial charge in [0.15, 0.2) is 5.82 Å². The van der Waals surface area contributed by atoms with Crippen molar-refractivity contribution in [2.75, 3.05) is 26.9 Å². The van der Waals surface area contributed by atoms with Gasteiger partial charge in [-0.1, -0.05) is 24.8 Å². The molecule has 0 aliphatic heterocycles. The fraction of sp³-hybridized carbons (Fsp3) is 0.0909. The third-order valence-electron chi connectivity index (χ3n) is 4.44. The number of pyridine rings is 1. The number of benzene rings is 2. The Balaban J connectivity index is 1.91. The molecule has 0 spiro atoms. The Kier molecular flexibility index (Phi) is 6.82. The second-order valence-corrected chi connectivity index (χ2v) is 8.87. The highest BCUT2D eigenvalue weighted by Crippen LogP contribution is 2.33. The van der Waals surface area contributed by atoms with Gasteiger partial charge in [-0.2, -0.15) is 13.2 Å². The predicted octanol–water partition coefficient (Wildman–Crippen LogP) is 4.90. The van der Waals surface area contributed by atoms with Crippen LogP contribution in [0.4, 0.5) is 40.8 Å². The van der Waals surface area contributed by atoms with Crippen LogP contribution in [0.1, 0.15) is 5.56 Å². The van der Waals surface area contributed by atoms with E-state index in [-0.39, 0.29) is 34.1 Å². The Bertz CT molecular complexity index is 1340. The van der Waals surface area contributed by atoms with Crippen LogP contribution in [0.3, 0.4) is 0 Å². The Hall–Kier alpha value is -4.06. The molecule has 0 aliphatic rings. The summed E-state index contributed by atoms with van der Waals surface area (Å²) in [6.45, 7) is 3.59. The summed E-state index contributed by atoms with van der Waals surface area (Å²) >= 11 is 0. The normalized spacial score (nSPS) is 11.5. The number of nitrogen functional groups attached to an aromatic ring is 1. The van der Waals surface area contributed by atoms with Gasteiger partial charge in [-0.25, -0.2) is 18.2 Å². The Morgan fingerprint density at radius 2 is 1.76 bits per heavy atom. The molecule has 8 nitrogen and oxygen atoms in total. The molecule has 12 heteroatoms. The lowest BCUT2D eigenvalue weighted by Gasteiger charge is -2.20. The molecule has 4 N–H and O–H groups in total. The van der Waals surface area contributed by atoms with Gasteiger partial charge in [0.2, 0.25) is 10.0 Å². The third-order valence-corrected chi connectivity index (χ3v) is 5.04. The van der Waals surface area contributed by atoms with Crippen LogP contribution < -0.4 is 20.7 Å². The summed E-state index contributed by atoms with van der Waals surface area (Å²) < 4.78 is 64.4. The number of amides is 2. The summed E-state index contributed by atoms with van der Waals surface area (Å²) in [5.74, 6) is -0.0483. The van der Waals surface area contributed by atoms with E-state index in [2.05, 4.69) is 21.6 Å². The van der Waals surface area contributed by atoms with E-state index in [1.807, 2.05) is 0 Å². The third kappa shape index (κ3) is 6.04. The van der Waals surface area contributed by atoms with Gasteiger partial charge in [-0.05, 0) is 42.5 Å². The van der Waals surface area contributed by atoms with Crippen LogP contribution in [0.25, 0.3) is 11.3 Å². The first kappa shape index (κ1) is 24.6. The highest BCUT2D eigenvalue weighted by Gasteiger charge is 2.30. The quantitative estimate of drug-likeness (QED) is 0.453. The molecule has 0 unspecified atom stereocenters. The van der Waals surface area contributed by atoms with Gasteiger partial charge in [-0.15, -0.1) is 0 Å². The van der Waals surface area contributed by atoms with Crippen LogP contribution in [0.2, 0.25) is 0 Å².